The summed E-state index contributed by atoms with van der Waals surface area (Å²) in [5.41, 5.74) is 2.42. The van der Waals surface area contributed by atoms with Crippen molar-refractivity contribution < 1.29 is 4.74 Å². The molecule has 0 aliphatic carbocycles. The first-order chi connectivity index (χ1) is 10.2. The van der Waals surface area contributed by atoms with Crippen LogP contribution in [0.1, 0.15) is 17.0 Å². The number of rotatable bonds is 5. The van der Waals surface area contributed by atoms with Gasteiger partial charge < -0.3 is 10.1 Å². The number of nitrogens with one attached hydrogen (secondary N) is 1. The number of fused-ring (bicyclic) bond motifs is 1. The third kappa shape index (κ3) is 3.52. The highest BCUT2D eigenvalue weighted by Crippen LogP contribution is 2.32. The molecule has 1 heterocycles. The fraction of sp³-hybridized carbons (Fsp3) is 0.294. The zero-order chi connectivity index (χ0) is 14.7. The standard InChI is InChI=1S/C17H17Cl2NO/c18-14-6-5-12(16(19)9-14)7-8-20-10-13-11-21-17-4-2-1-3-15(13)17/h1-6,9,13,20H,7-8,10-11H2. The number of para-hydroxylation sites is 1. The van der Waals surface area contributed by atoms with E-state index in [1.54, 1.807) is 6.07 Å². The molecule has 3 rings (SSSR count). The van der Waals surface area contributed by atoms with Crippen LogP contribution < -0.4 is 10.1 Å². The van der Waals surface area contributed by atoms with Gasteiger partial charge in [-0.15, -0.1) is 0 Å². The Morgan fingerprint density at radius 1 is 1.14 bits per heavy atom. The minimum Gasteiger partial charge on any atom is -0.493 e. The van der Waals surface area contributed by atoms with E-state index in [2.05, 4.69) is 17.4 Å². The Labute approximate surface area is 135 Å². The summed E-state index contributed by atoms with van der Waals surface area (Å²) in [6, 6.07) is 13.9. The van der Waals surface area contributed by atoms with Gasteiger partial charge in [0.05, 0.1) is 6.61 Å². The number of halogens is 2. The van der Waals surface area contributed by atoms with Crippen molar-refractivity contribution >= 4 is 23.2 Å². The number of hydrogen-bond acceptors (Lipinski definition) is 2. The number of benzene rings is 2. The number of ether oxygens (including phenoxy) is 1. The molecular weight excluding hydrogens is 305 g/mol. The first kappa shape index (κ1) is 14.7. The Balaban J connectivity index is 1.49. The quantitative estimate of drug-likeness (QED) is 0.829. The summed E-state index contributed by atoms with van der Waals surface area (Å²) in [6.45, 7) is 2.57. The molecule has 0 amide bonds. The summed E-state index contributed by atoms with van der Waals surface area (Å²) in [6.07, 6.45) is 0.894. The van der Waals surface area contributed by atoms with Gasteiger partial charge in [-0.25, -0.2) is 0 Å². The average molecular weight is 322 g/mol. The van der Waals surface area contributed by atoms with E-state index in [-0.39, 0.29) is 0 Å². The van der Waals surface area contributed by atoms with Gasteiger partial charge >= 0.3 is 0 Å². The SMILES string of the molecule is Clc1ccc(CCNCC2COc3ccccc32)c(Cl)c1. The molecule has 0 spiro atoms. The monoisotopic (exact) mass is 321 g/mol. The highest BCUT2D eigenvalue weighted by molar-refractivity contribution is 6.35. The van der Waals surface area contributed by atoms with Crippen molar-refractivity contribution in [2.45, 2.75) is 12.3 Å². The molecule has 21 heavy (non-hydrogen) atoms. The second-order valence-electron chi connectivity index (χ2n) is 5.24. The zero-order valence-corrected chi connectivity index (χ0v) is 13.1. The molecular formula is C17H17Cl2NO. The Hall–Kier alpha value is -1.22. The lowest BCUT2D eigenvalue weighted by Gasteiger charge is -2.11. The van der Waals surface area contributed by atoms with Crippen LogP contribution in [0.5, 0.6) is 5.75 Å². The van der Waals surface area contributed by atoms with E-state index in [0.717, 1.165) is 42.5 Å². The summed E-state index contributed by atoms with van der Waals surface area (Å²) >= 11 is 12.1. The van der Waals surface area contributed by atoms with E-state index < -0.39 is 0 Å². The first-order valence-electron chi connectivity index (χ1n) is 7.10. The average Bonchev–Trinajstić information content (AvgIpc) is 2.89. The molecule has 1 aliphatic rings. The highest BCUT2D eigenvalue weighted by atomic mass is 35.5. The van der Waals surface area contributed by atoms with E-state index in [9.17, 15) is 0 Å². The van der Waals surface area contributed by atoms with Crippen molar-refractivity contribution in [2.24, 2.45) is 0 Å². The Kier molecular flexibility index (Phi) is 4.69. The van der Waals surface area contributed by atoms with Gasteiger partial charge in [0.1, 0.15) is 5.75 Å². The summed E-state index contributed by atoms with van der Waals surface area (Å²) in [4.78, 5) is 0. The van der Waals surface area contributed by atoms with Crippen LogP contribution in [0.4, 0.5) is 0 Å². The maximum Gasteiger partial charge on any atom is 0.122 e. The van der Waals surface area contributed by atoms with Crippen molar-refractivity contribution in [1.82, 2.24) is 5.32 Å². The van der Waals surface area contributed by atoms with E-state index in [1.807, 2.05) is 24.3 Å². The molecule has 4 heteroatoms. The van der Waals surface area contributed by atoms with Gasteiger partial charge in [-0.05, 0) is 36.7 Å². The van der Waals surface area contributed by atoms with E-state index >= 15 is 0 Å². The highest BCUT2D eigenvalue weighted by Gasteiger charge is 2.22. The van der Waals surface area contributed by atoms with Crippen LogP contribution in [0.2, 0.25) is 10.0 Å². The minimum absolute atomic E-state index is 0.432. The Morgan fingerprint density at radius 2 is 2.00 bits per heavy atom. The van der Waals surface area contributed by atoms with Gasteiger partial charge in [0.15, 0.2) is 0 Å². The topological polar surface area (TPSA) is 21.3 Å². The summed E-state index contributed by atoms with van der Waals surface area (Å²) in [5.74, 6) is 1.45. The first-order valence-corrected chi connectivity index (χ1v) is 7.86. The second-order valence-corrected chi connectivity index (χ2v) is 6.08. The Morgan fingerprint density at radius 3 is 2.86 bits per heavy atom. The molecule has 1 N–H and O–H groups in total. The van der Waals surface area contributed by atoms with Crippen LogP contribution in [0, 0.1) is 0 Å². The van der Waals surface area contributed by atoms with Gasteiger partial charge in [-0.1, -0.05) is 47.5 Å². The predicted octanol–water partition coefficient (Wildman–Crippen LogP) is 4.30. The normalized spacial score (nSPS) is 16.6. The molecule has 2 aromatic rings. The minimum atomic E-state index is 0.432. The van der Waals surface area contributed by atoms with Crippen LogP contribution >= 0.6 is 23.2 Å². The lowest BCUT2D eigenvalue weighted by atomic mass is 10.0. The second kappa shape index (κ2) is 6.69. The molecule has 110 valence electrons. The van der Waals surface area contributed by atoms with Gasteiger partial charge in [-0.2, -0.15) is 0 Å². The Bertz CT molecular complexity index is 630. The van der Waals surface area contributed by atoms with Gasteiger partial charge in [0.2, 0.25) is 0 Å². The lowest BCUT2D eigenvalue weighted by Crippen LogP contribution is -2.24. The molecule has 1 aliphatic heterocycles. The molecule has 1 unspecified atom stereocenters. The predicted molar refractivity (Wildman–Crippen MR) is 87.7 cm³/mol. The van der Waals surface area contributed by atoms with Gasteiger partial charge in [-0.3, -0.25) is 0 Å². The fourth-order valence-corrected chi connectivity index (χ4v) is 3.13. The molecule has 0 fully saturated rings. The largest absolute Gasteiger partial charge is 0.493 e. The van der Waals surface area contributed by atoms with Crippen LogP contribution in [0.3, 0.4) is 0 Å². The summed E-state index contributed by atoms with van der Waals surface area (Å²) < 4.78 is 5.68. The zero-order valence-electron chi connectivity index (χ0n) is 11.6. The van der Waals surface area contributed by atoms with Crippen molar-refractivity contribution in [3.63, 3.8) is 0 Å². The summed E-state index contributed by atoms with van der Waals surface area (Å²) in [7, 11) is 0. The van der Waals surface area contributed by atoms with E-state index in [1.165, 1.54) is 5.56 Å². The van der Waals surface area contributed by atoms with E-state index in [0.29, 0.717) is 10.9 Å². The molecule has 0 radical (unpaired) electrons. The molecule has 0 aromatic heterocycles. The third-order valence-electron chi connectivity index (χ3n) is 3.78. The summed E-state index contributed by atoms with van der Waals surface area (Å²) in [5, 5.41) is 4.90. The molecule has 2 aromatic carbocycles. The maximum absolute atomic E-state index is 6.17. The smallest absolute Gasteiger partial charge is 0.122 e. The number of hydrogen-bond donors (Lipinski definition) is 1. The third-order valence-corrected chi connectivity index (χ3v) is 4.36. The van der Waals surface area contributed by atoms with Crippen molar-refractivity contribution in [1.29, 1.82) is 0 Å². The molecule has 0 bridgehead atoms. The van der Waals surface area contributed by atoms with Crippen LogP contribution in [-0.4, -0.2) is 19.7 Å². The van der Waals surface area contributed by atoms with Gasteiger partial charge in [0, 0.05) is 28.1 Å². The van der Waals surface area contributed by atoms with E-state index in [4.69, 9.17) is 27.9 Å². The fourth-order valence-electron chi connectivity index (χ4n) is 2.62. The van der Waals surface area contributed by atoms with Crippen molar-refractivity contribution in [3.8, 4) is 5.75 Å². The van der Waals surface area contributed by atoms with Crippen LogP contribution in [-0.2, 0) is 6.42 Å². The lowest BCUT2D eigenvalue weighted by molar-refractivity contribution is 0.327. The molecule has 0 saturated carbocycles. The van der Waals surface area contributed by atoms with Gasteiger partial charge in [0.25, 0.3) is 0 Å². The van der Waals surface area contributed by atoms with Crippen LogP contribution in [0.15, 0.2) is 42.5 Å². The van der Waals surface area contributed by atoms with Crippen molar-refractivity contribution in [2.75, 3.05) is 19.7 Å². The maximum atomic E-state index is 6.17. The molecule has 0 saturated heterocycles. The van der Waals surface area contributed by atoms with Crippen molar-refractivity contribution in [3.05, 3.63) is 63.6 Å². The molecule has 1 atom stereocenters. The molecule has 2 nitrogen and oxygen atoms in total. The van der Waals surface area contributed by atoms with Crippen LogP contribution in [0.25, 0.3) is 0 Å².